The number of H-pyrrole nitrogens is 1. The summed E-state index contributed by atoms with van der Waals surface area (Å²) in [6.07, 6.45) is 0. The number of hydrogen-bond acceptors (Lipinski definition) is 4. The maximum absolute atomic E-state index is 13.1. The Morgan fingerprint density at radius 2 is 1.96 bits per heavy atom. The van der Waals surface area contributed by atoms with E-state index in [0.29, 0.717) is 29.1 Å². The second-order valence-corrected chi connectivity index (χ2v) is 8.63. The zero-order valence-corrected chi connectivity index (χ0v) is 18.0. The fraction of sp³-hybridized carbons (Fsp3) is 0.524. The van der Waals surface area contributed by atoms with Crippen molar-refractivity contribution in [1.82, 2.24) is 4.98 Å². The summed E-state index contributed by atoms with van der Waals surface area (Å²) in [4.78, 5) is 32.8. The van der Waals surface area contributed by atoms with Crippen LogP contribution in [0.2, 0.25) is 0 Å². The Labute approximate surface area is 170 Å². The van der Waals surface area contributed by atoms with E-state index in [4.69, 9.17) is 4.74 Å². The fourth-order valence-electron chi connectivity index (χ4n) is 4.10. The summed E-state index contributed by atoms with van der Waals surface area (Å²) in [7, 11) is 0. The molecule has 3 heterocycles. The van der Waals surface area contributed by atoms with Crippen LogP contribution in [0.5, 0.6) is 0 Å². The lowest BCUT2D eigenvalue weighted by molar-refractivity contribution is -1.02. The van der Waals surface area contributed by atoms with Gasteiger partial charge in [-0.15, -0.1) is 11.3 Å². The van der Waals surface area contributed by atoms with Crippen molar-refractivity contribution in [2.75, 3.05) is 32.8 Å². The molecule has 1 fully saturated rings. The molecule has 1 saturated heterocycles. The zero-order chi connectivity index (χ0) is 20.3. The molecule has 0 spiro atoms. The van der Waals surface area contributed by atoms with Gasteiger partial charge in [0.1, 0.15) is 32.7 Å². The minimum Gasteiger partial charge on any atom is -0.462 e. The van der Waals surface area contributed by atoms with E-state index >= 15 is 0 Å². The molecule has 0 aromatic carbocycles. The van der Waals surface area contributed by atoms with Crippen LogP contribution in [0.15, 0.2) is 17.5 Å². The number of aromatic amines is 1. The maximum atomic E-state index is 13.1. The summed E-state index contributed by atoms with van der Waals surface area (Å²) in [5.74, 6) is -0.286. The van der Waals surface area contributed by atoms with Gasteiger partial charge in [0.25, 0.3) is 0 Å². The number of esters is 1. The van der Waals surface area contributed by atoms with Gasteiger partial charge < -0.3 is 19.5 Å². The Kier molecular flexibility index (Phi) is 6.69. The first kappa shape index (κ1) is 20.8. The number of carbonyl (C=O) groups excluding carboxylic acids is 2. The Balaban J connectivity index is 1.63. The van der Waals surface area contributed by atoms with Crippen molar-refractivity contribution >= 4 is 23.1 Å². The Morgan fingerprint density at radius 3 is 2.57 bits per heavy atom. The quantitative estimate of drug-likeness (QED) is 0.462. The number of Topliss-reactive ketones (excluding diaryl/α,β-unsaturated/α-hetero) is 1. The van der Waals surface area contributed by atoms with Gasteiger partial charge in [0.2, 0.25) is 5.78 Å². The van der Waals surface area contributed by atoms with E-state index in [1.807, 2.05) is 32.1 Å². The topological polar surface area (TPSA) is 68.0 Å². The van der Waals surface area contributed by atoms with Gasteiger partial charge in [-0.3, -0.25) is 4.79 Å². The Bertz CT molecular complexity index is 820. The van der Waals surface area contributed by atoms with E-state index in [2.05, 4.69) is 22.5 Å². The van der Waals surface area contributed by atoms with Crippen LogP contribution >= 0.6 is 11.3 Å². The highest BCUT2D eigenvalue weighted by molar-refractivity contribution is 7.09. The number of hydrogen-bond donors (Lipinski definition) is 3. The summed E-state index contributed by atoms with van der Waals surface area (Å²) >= 11 is 1.81. The molecule has 28 heavy (non-hydrogen) atoms. The van der Waals surface area contributed by atoms with Gasteiger partial charge in [0.05, 0.1) is 22.7 Å². The number of carbonyl (C=O) groups is 2. The highest BCUT2D eigenvalue weighted by atomic mass is 32.1. The van der Waals surface area contributed by atoms with Crippen molar-refractivity contribution in [3.63, 3.8) is 0 Å². The van der Waals surface area contributed by atoms with Gasteiger partial charge >= 0.3 is 5.97 Å². The predicted octanol–water partition coefficient (Wildman–Crippen LogP) is 0.425. The van der Waals surface area contributed by atoms with Crippen LogP contribution in [0.1, 0.15) is 50.8 Å². The van der Waals surface area contributed by atoms with Crippen molar-refractivity contribution in [2.45, 2.75) is 40.3 Å². The summed E-state index contributed by atoms with van der Waals surface area (Å²) in [6.45, 7) is 12.9. The number of rotatable bonds is 7. The molecule has 0 bridgehead atoms. The molecule has 1 aliphatic heterocycles. The second kappa shape index (κ2) is 9.03. The number of aryl methyl sites for hydroxylation is 1. The molecular formula is C21H31N3O3S+2. The van der Waals surface area contributed by atoms with Gasteiger partial charge in [0.15, 0.2) is 6.04 Å². The molecule has 0 saturated carbocycles. The third kappa shape index (κ3) is 4.37. The normalized spacial score (nSPS) is 20.7. The minimum atomic E-state index is -0.362. The minimum absolute atomic E-state index is 0.0767. The number of aromatic nitrogens is 1. The van der Waals surface area contributed by atoms with Gasteiger partial charge in [0, 0.05) is 5.69 Å². The molecule has 1 aliphatic rings. The first-order chi connectivity index (χ1) is 13.4. The lowest BCUT2D eigenvalue weighted by Crippen LogP contribution is -3.29. The molecule has 0 amide bonds. The predicted molar refractivity (Wildman–Crippen MR) is 109 cm³/mol. The van der Waals surface area contributed by atoms with E-state index in [1.165, 1.54) is 9.78 Å². The number of quaternary nitrogens is 2. The summed E-state index contributed by atoms with van der Waals surface area (Å²) in [5, 5.41) is 2.13. The van der Waals surface area contributed by atoms with Crippen LogP contribution in [-0.2, 0) is 11.3 Å². The summed E-state index contributed by atoms with van der Waals surface area (Å²) < 4.78 is 5.14. The van der Waals surface area contributed by atoms with Gasteiger partial charge in [-0.1, -0.05) is 6.07 Å². The SMILES string of the molecule is CCOC(=O)c1c(C)[nH]c(C(=O)[C@H](C)[NH+]2CC[NH+](Cc3cccs3)CC2)c1C. The third-order valence-electron chi connectivity index (χ3n) is 5.77. The zero-order valence-electron chi connectivity index (χ0n) is 17.2. The van der Waals surface area contributed by atoms with Crippen molar-refractivity contribution in [2.24, 2.45) is 0 Å². The van der Waals surface area contributed by atoms with Crippen molar-refractivity contribution in [3.05, 3.63) is 44.9 Å². The first-order valence-corrected chi connectivity index (χ1v) is 10.9. The lowest BCUT2D eigenvalue weighted by Gasteiger charge is -2.32. The van der Waals surface area contributed by atoms with Gasteiger partial charge in [-0.05, 0) is 44.7 Å². The largest absolute Gasteiger partial charge is 0.462 e. The maximum Gasteiger partial charge on any atom is 0.340 e. The average Bonchev–Trinajstić information content (AvgIpc) is 3.29. The fourth-order valence-corrected chi connectivity index (χ4v) is 4.88. The van der Waals surface area contributed by atoms with E-state index in [-0.39, 0.29) is 17.8 Å². The van der Waals surface area contributed by atoms with Crippen molar-refractivity contribution < 1.29 is 24.1 Å². The number of ketones is 1. The van der Waals surface area contributed by atoms with Crippen molar-refractivity contribution in [1.29, 1.82) is 0 Å². The second-order valence-electron chi connectivity index (χ2n) is 7.60. The molecule has 0 radical (unpaired) electrons. The number of piperazine rings is 1. The van der Waals surface area contributed by atoms with Crippen LogP contribution in [0.3, 0.4) is 0 Å². The van der Waals surface area contributed by atoms with E-state index in [0.717, 1.165) is 32.7 Å². The first-order valence-electron chi connectivity index (χ1n) is 10.0. The summed E-state index contributed by atoms with van der Waals surface area (Å²) in [6, 6.07) is 4.17. The monoisotopic (exact) mass is 405 g/mol. The molecular weight excluding hydrogens is 374 g/mol. The number of nitrogens with one attached hydrogen (secondary N) is 3. The molecule has 0 unspecified atom stereocenters. The lowest BCUT2D eigenvalue weighted by atomic mass is 10.0. The van der Waals surface area contributed by atoms with Crippen LogP contribution < -0.4 is 9.80 Å². The highest BCUT2D eigenvalue weighted by Crippen LogP contribution is 2.20. The van der Waals surface area contributed by atoms with E-state index in [9.17, 15) is 9.59 Å². The molecule has 2 aromatic rings. The molecule has 2 aromatic heterocycles. The van der Waals surface area contributed by atoms with Crippen molar-refractivity contribution in [3.8, 4) is 0 Å². The average molecular weight is 406 g/mol. The molecule has 6 nitrogen and oxygen atoms in total. The Morgan fingerprint density at radius 1 is 1.25 bits per heavy atom. The number of thiophene rings is 1. The van der Waals surface area contributed by atoms with Gasteiger partial charge in [-0.2, -0.15) is 0 Å². The molecule has 3 N–H and O–H groups in total. The van der Waals surface area contributed by atoms with Crippen LogP contribution in [-0.4, -0.2) is 55.6 Å². The molecule has 7 heteroatoms. The van der Waals surface area contributed by atoms with Gasteiger partial charge in [-0.25, -0.2) is 4.79 Å². The highest BCUT2D eigenvalue weighted by Gasteiger charge is 2.34. The van der Waals surface area contributed by atoms with E-state index < -0.39 is 0 Å². The Hall–Kier alpha value is -1.96. The molecule has 0 aliphatic carbocycles. The molecule has 3 rings (SSSR count). The van der Waals surface area contributed by atoms with Crippen LogP contribution in [0.25, 0.3) is 0 Å². The molecule has 152 valence electrons. The number of ether oxygens (including phenoxy) is 1. The van der Waals surface area contributed by atoms with Crippen LogP contribution in [0.4, 0.5) is 0 Å². The molecule has 1 atom stereocenters. The van der Waals surface area contributed by atoms with E-state index in [1.54, 1.807) is 11.8 Å². The summed E-state index contributed by atoms with van der Waals surface area (Å²) in [5.41, 5.74) is 2.45. The standard InChI is InChI=1S/C21H29N3O3S/c1-5-27-21(26)18-14(2)19(22-15(18)3)20(25)16(4)24-10-8-23(9-11-24)13-17-7-6-12-28-17/h6-7,12,16,22H,5,8-11,13H2,1-4H3/p+2/t16-/m0/s1. The smallest absolute Gasteiger partial charge is 0.340 e. The third-order valence-corrected chi connectivity index (χ3v) is 6.65. The van der Waals surface area contributed by atoms with Crippen LogP contribution in [0, 0.1) is 13.8 Å².